The van der Waals surface area contributed by atoms with E-state index in [2.05, 4.69) is 5.32 Å². The Hall–Kier alpha value is -2.64. The third kappa shape index (κ3) is 5.68. The summed E-state index contributed by atoms with van der Waals surface area (Å²) >= 11 is 6.06. The summed E-state index contributed by atoms with van der Waals surface area (Å²) in [6, 6.07) is 11.7. The van der Waals surface area contributed by atoms with Crippen LogP contribution in [0.4, 0.5) is 10.1 Å². The van der Waals surface area contributed by atoms with Gasteiger partial charge in [0.1, 0.15) is 0 Å². The Labute approximate surface area is 174 Å². The van der Waals surface area contributed by atoms with Gasteiger partial charge in [0.2, 0.25) is 5.91 Å². The number of nitrogens with one attached hydrogen (secondary N) is 2. The molecule has 0 bridgehead atoms. The average molecular weight is 421 g/mol. The van der Waals surface area contributed by atoms with E-state index < -0.39 is 5.82 Å². The molecule has 0 spiro atoms. The molecule has 2 aromatic rings. The first-order chi connectivity index (χ1) is 14.0. The molecule has 2 N–H and O–H groups in total. The lowest BCUT2D eigenvalue weighted by molar-refractivity contribution is -0.895. The molecule has 0 aromatic heterocycles. The predicted octanol–water partition coefficient (Wildman–Crippen LogP) is 1.40. The van der Waals surface area contributed by atoms with Crippen molar-refractivity contribution < 1.29 is 23.6 Å². The standard InChI is InChI=1S/C21H23ClFN3O3/c1-29-19-7-6-15(12-17(19)23)13-21(28)26-10-8-25(9-11-26)14-20(27)24-18-5-3-2-4-16(18)22/h2-7,12H,8-11,13-14H2,1H3,(H,24,27)/p+1. The Morgan fingerprint density at radius 1 is 1.21 bits per heavy atom. The van der Waals surface area contributed by atoms with Gasteiger partial charge in [-0.05, 0) is 29.8 Å². The summed E-state index contributed by atoms with van der Waals surface area (Å²) in [6.45, 7) is 2.80. The summed E-state index contributed by atoms with van der Waals surface area (Å²) in [7, 11) is 1.40. The Morgan fingerprint density at radius 3 is 2.59 bits per heavy atom. The molecule has 0 radical (unpaired) electrons. The zero-order chi connectivity index (χ0) is 20.8. The SMILES string of the molecule is COc1ccc(CC(=O)N2CC[NH+](CC(=O)Nc3ccccc3Cl)CC2)cc1F. The zero-order valence-corrected chi connectivity index (χ0v) is 17.0. The third-order valence-electron chi connectivity index (χ3n) is 4.95. The number of amides is 2. The predicted molar refractivity (Wildman–Crippen MR) is 109 cm³/mol. The zero-order valence-electron chi connectivity index (χ0n) is 16.2. The third-order valence-corrected chi connectivity index (χ3v) is 5.28. The van der Waals surface area contributed by atoms with Crippen molar-refractivity contribution in [3.05, 3.63) is 58.9 Å². The highest BCUT2D eigenvalue weighted by atomic mass is 35.5. The highest BCUT2D eigenvalue weighted by Gasteiger charge is 2.25. The number of ether oxygens (including phenoxy) is 1. The van der Waals surface area contributed by atoms with E-state index in [1.54, 1.807) is 29.2 Å². The van der Waals surface area contributed by atoms with Gasteiger partial charge in [-0.2, -0.15) is 0 Å². The number of halogens is 2. The number of quaternary nitrogens is 1. The molecule has 1 heterocycles. The van der Waals surface area contributed by atoms with E-state index in [-0.39, 0.29) is 24.0 Å². The van der Waals surface area contributed by atoms with E-state index in [0.717, 1.165) is 4.90 Å². The number of benzene rings is 2. The molecule has 3 rings (SSSR count). The van der Waals surface area contributed by atoms with Crippen LogP contribution < -0.4 is 15.0 Å². The van der Waals surface area contributed by atoms with Crippen molar-refractivity contribution in [3.63, 3.8) is 0 Å². The molecule has 6 nitrogen and oxygen atoms in total. The number of carbonyl (C=O) groups excluding carboxylic acids is 2. The molecular formula is C21H24ClFN3O3+. The van der Waals surface area contributed by atoms with Gasteiger partial charge in [0, 0.05) is 0 Å². The monoisotopic (exact) mass is 420 g/mol. The van der Waals surface area contributed by atoms with Crippen LogP contribution in [0, 0.1) is 5.82 Å². The van der Waals surface area contributed by atoms with Crippen LogP contribution in [0.25, 0.3) is 0 Å². The van der Waals surface area contributed by atoms with Crippen molar-refractivity contribution in [2.24, 2.45) is 0 Å². The van der Waals surface area contributed by atoms with Gasteiger partial charge < -0.3 is 19.9 Å². The molecule has 0 unspecified atom stereocenters. The summed E-state index contributed by atoms with van der Waals surface area (Å²) in [6.07, 6.45) is 0.142. The topological polar surface area (TPSA) is 63.1 Å². The number of hydrogen-bond acceptors (Lipinski definition) is 3. The van der Waals surface area contributed by atoms with E-state index >= 15 is 0 Å². The number of anilines is 1. The quantitative estimate of drug-likeness (QED) is 0.742. The maximum Gasteiger partial charge on any atom is 0.279 e. The number of piperazine rings is 1. The van der Waals surface area contributed by atoms with Crippen molar-refractivity contribution in [1.29, 1.82) is 0 Å². The fraction of sp³-hybridized carbons (Fsp3) is 0.333. The minimum atomic E-state index is -0.475. The second-order valence-electron chi connectivity index (χ2n) is 6.98. The maximum atomic E-state index is 13.8. The van der Waals surface area contributed by atoms with Crippen LogP contribution in [0.1, 0.15) is 5.56 Å². The minimum absolute atomic E-state index is 0.0471. The van der Waals surface area contributed by atoms with Gasteiger partial charge in [-0.25, -0.2) is 4.39 Å². The van der Waals surface area contributed by atoms with E-state index in [0.29, 0.717) is 49.0 Å². The first-order valence-corrected chi connectivity index (χ1v) is 9.82. The van der Waals surface area contributed by atoms with Crippen LogP contribution in [-0.4, -0.2) is 56.5 Å². The molecule has 0 aliphatic carbocycles. The molecule has 1 aliphatic rings. The number of nitrogens with zero attached hydrogens (tertiary/aromatic N) is 1. The van der Waals surface area contributed by atoms with Crippen LogP contribution >= 0.6 is 11.6 Å². The molecule has 8 heteroatoms. The Bertz CT molecular complexity index is 885. The molecule has 2 amide bonds. The van der Waals surface area contributed by atoms with Gasteiger partial charge in [-0.15, -0.1) is 0 Å². The van der Waals surface area contributed by atoms with E-state index in [4.69, 9.17) is 16.3 Å². The van der Waals surface area contributed by atoms with Crippen LogP contribution in [0.3, 0.4) is 0 Å². The average Bonchev–Trinajstić information content (AvgIpc) is 2.70. The first-order valence-electron chi connectivity index (χ1n) is 9.44. The molecule has 1 fully saturated rings. The summed E-state index contributed by atoms with van der Waals surface area (Å²) in [5, 5.41) is 3.32. The molecule has 2 aromatic carbocycles. The van der Waals surface area contributed by atoms with E-state index in [1.165, 1.54) is 19.2 Å². The first kappa shape index (κ1) is 21.1. The van der Waals surface area contributed by atoms with Gasteiger partial charge >= 0.3 is 0 Å². The number of methoxy groups -OCH3 is 1. The summed E-state index contributed by atoms with van der Waals surface area (Å²) in [4.78, 5) is 27.6. The van der Waals surface area contributed by atoms with Crippen molar-refractivity contribution in [1.82, 2.24) is 4.90 Å². The largest absolute Gasteiger partial charge is 0.494 e. The lowest BCUT2D eigenvalue weighted by Gasteiger charge is -2.32. The van der Waals surface area contributed by atoms with Gasteiger partial charge in [-0.3, -0.25) is 9.59 Å². The summed E-state index contributed by atoms with van der Waals surface area (Å²) in [5.41, 5.74) is 1.21. The smallest absolute Gasteiger partial charge is 0.279 e. The number of hydrogen-bond donors (Lipinski definition) is 2. The molecule has 29 heavy (non-hydrogen) atoms. The number of carbonyl (C=O) groups is 2. The summed E-state index contributed by atoms with van der Waals surface area (Å²) < 4.78 is 18.7. The van der Waals surface area contributed by atoms with Gasteiger partial charge in [0.15, 0.2) is 18.1 Å². The van der Waals surface area contributed by atoms with Crippen molar-refractivity contribution in [2.75, 3.05) is 45.2 Å². The van der Waals surface area contributed by atoms with Gasteiger partial charge in [0.05, 0.1) is 50.4 Å². The molecule has 0 saturated carbocycles. The number of rotatable bonds is 6. The van der Waals surface area contributed by atoms with Gasteiger partial charge in [-0.1, -0.05) is 29.8 Å². The molecule has 0 atom stereocenters. The maximum absolute atomic E-state index is 13.8. The van der Waals surface area contributed by atoms with Crippen LogP contribution in [0.15, 0.2) is 42.5 Å². The lowest BCUT2D eigenvalue weighted by Crippen LogP contribution is -3.15. The molecule has 1 aliphatic heterocycles. The van der Waals surface area contributed by atoms with Gasteiger partial charge in [0.25, 0.3) is 5.91 Å². The highest BCUT2D eigenvalue weighted by molar-refractivity contribution is 6.33. The molecule has 1 saturated heterocycles. The normalized spacial score (nSPS) is 14.5. The lowest BCUT2D eigenvalue weighted by atomic mass is 10.1. The van der Waals surface area contributed by atoms with Crippen LogP contribution in [-0.2, 0) is 16.0 Å². The molecule has 154 valence electrons. The highest BCUT2D eigenvalue weighted by Crippen LogP contribution is 2.20. The van der Waals surface area contributed by atoms with E-state index in [1.807, 2.05) is 6.07 Å². The van der Waals surface area contributed by atoms with Crippen LogP contribution in [0.2, 0.25) is 5.02 Å². The summed E-state index contributed by atoms with van der Waals surface area (Å²) in [5.74, 6) is -0.471. The minimum Gasteiger partial charge on any atom is -0.494 e. The Kier molecular flexibility index (Phi) is 7.06. The molecular weight excluding hydrogens is 397 g/mol. The van der Waals surface area contributed by atoms with Crippen molar-refractivity contribution >= 4 is 29.1 Å². The van der Waals surface area contributed by atoms with E-state index in [9.17, 15) is 14.0 Å². The second kappa shape index (κ2) is 9.71. The number of para-hydroxylation sites is 1. The fourth-order valence-corrected chi connectivity index (χ4v) is 3.52. The van der Waals surface area contributed by atoms with Crippen molar-refractivity contribution in [2.45, 2.75) is 6.42 Å². The van der Waals surface area contributed by atoms with Crippen molar-refractivity contribution in [3.8, 4) is 5.75 Å². The Morgan fingerprint density at radius 2 is 1.93 bits per heavy atom. The van der Waals surface area contributed by atoms with Crippen LogP contribution in [0.5, 0.6) is 5.75 Å². The second-order valence-corrected chi connectivity index (χ2v) is 7.39. The Balaban J connectivity index is 1.46. The fourth-order valence-electron chi connectivity index (χ4n) is 3.34.